The highest BCUT2D eigenvalue weighted by atomic mass is 16.5. The Kier molecular flexibility index (Phi) is 4.44. The number of amides is 1. The molecule has 26 heavy (non-hydrogen) atoms. The van der Waals surface area contributed by atoms with Crippen molar-refractivity contribution in [3.05, 3.63) is 84.4 Å². The van der Waals surface area contributed by atoms with Gasteiger partial charge in [0.05, 0.1) is 0 Å². The van der Waals surface area contributed by atoms with Crippen LogP contribution in [-0.4, -0.2) is 18.6 Å². The van der Waals surface area contributed by atoms with E-state index in [-0.39, 0.29) is 5.91 Å². The van der Waals surface area contributed by atoms with Gasteiger partial charge in [0.1, 0.15) is 5.75 Å². The van der Waals surface area contributed by atoms with Crippen LogP contribution in [0.25, 0.3) is 11.1 Å². The molecule has 4 rings (SSSR count). The number of carbonyl (C=O) groups is 1. The van der Waals surface area contributed by atoms with Crippen LogP contribution >= 0.6 is 0 Å². The van der Waals surface area contributed by atoms with Crippen LogP contribution in [0.15, 0.2) is 78.9 Å². The second kappa shape index (κ2) is 7.04. The van der Waals surface area contributed by atoms with E-state index in [0.717, 1.165) is 29.0 Å². The van der Waals surface area contributed by atoms with Crippen molar-refractivity contribution in [1.29, 1.82) is 0 Å². The first-order chi connectivity index (χ1) is 12.7. The molecule has 1 heterocycles. The van der Waals surface area contributed by atoms with Crippen LogP contribution in [0.5, 0.6) is 5.75 Å². The molecular formula is C23H21NO2. The lowest BCUT2D eigenvalue weighted by atomic mass is 10.0. The smallest absolute Gasteiger partial charge is 0.267 e. The van der Waals surface area contributed by atoms with E-state index in [1.165, 1.54) is 5.56 Å². The van der Waals surface area contributed by atoms with Crippen LogP contribution in [0.1, 0.15) is 12.5 Å². The zero-order chi connectivity index (χ0) is 17.9. The van der Waals surface area contributed by atoms with Gasteiger partial charge in [-0.3, -0.25) is 4.79 Å². The molecule has 0 unspecified atom stereocenters. The summed E-state index contributed by atoms with van der Waals surface area (Å²) in [5.41, 5.74) is 4.30. The number of ether oxygens (including phenoxy) is 1. The molecule has 1 amide bonds. The normalized spacial score (nSPS) is 14.0. The number of carbonyl (C=O) groups excluding carboxylic acids is 1. The molecule has 0 aromatic heterocycles. The predicted molar refractivity (Wildman–Crippen MR) is 104 cm³/mol. The fourth-order valence-electron chi connectivity index (χ4n) is 3.45. The number of benzene rings is 3. The van der Waals surface area contributed by atoms with Gasteiger partial charge in [0.2, 0.25) is 0 Å². The van der Waals surface area contributed by atoms with Crippen LogP contribution in [0.3, 0.4) is 0 Å². The van der Waals surface area contributed by atoms with E-state index >= 15 is 0 Å². The zero-order valence-electron chi connectivity index (χ0n) is 14.8. The Hall–Kier alpha value is -3.07. The van der Waals surface area contributed by atoms with Crippen LogP contribution in [-0.2, 0) is 11.2 Å². The highest BCUT2D eigenvalue weighted by Gasteiger charge is 2.29. The van der Waals surface area contributed by atoms with Gasteiger partial charge in [0.25, 0.3) is 5.91 Å². The molecule has 0 radical (unpaired) electrons. The molecular weight excluding hydrogens is 322 g/mol. The van der Waals surface area contributed by atoms with Crippen molar-refractivity contribution >= 4 is 11.6 Å². The molecule has 0 spiro atoms. The summed E-state index contributed by atoms with van der Waals surface area (Å²) in [4.78, 5) is 14.8. The lowest BCUT2D eigenvalue weighted by Crippen LogP contribution is -2.39. The summed E-state index contributed by atoms with van der Waals surface area (Å²) in [6.07, 6.45) is 0.348. The highest BCUT2D eigenvalue weighted by molar-refractivity contribution is 5.98. The first-order valence-electron chi connectivity index (χ1n) is 8.94. The third-order valence-corrected chi connectivity index (χ3v) is 4.78. The summed E-state index contributed by atoms with van der Waals surface area (Å²) in [6.45, 7) is 2.54. The van der Waals surface area contributed by atoms with Gasteiger partial charge in [-0.25, -0.2) is 0 Å². The Balaban J connectivity index is 1.56. The summed E-state index contributed by atoms with van der Waals surface area (Å²) in [7, 11) is 0. The minimum Gasteiger partial charge on any atom is -0.480 e. The molecule has 0 fully saturated rings. The maximum atomic E-state index is 13.0. The molecule has 1 aliphatic heterocycles. The topological polar surface area (TPSA) is 29.5 Å². The molecule has 1 atom stereocenters. The minimum atomic E-state index is -0.550. The van der Waals surface area contributed by atoms with Crippen molar-refractivity contribution in [3.8, 4) is 16.9 Å². The fourth-order valence-corrected chi connectivity index (χ4v) is 3.45. The van der Waals surface area contributed by atoms with Gasteiger partial charge in [0.15, 0.2) is 6.10 Å². The van der Waals surface area contributed by atoms with E-state index < -0.39 is 6.10 Å². The van der Waals surface area contributed by atoms with E-state index in [1.807, 2.05) is 84.6 Å². The first kappa shape index (κ1) is 16.4. The Bertz CT molecular complexity index is 920. The third kappa shape index (κ3) is 3.08. The van der Waals surface area contributed by atoms with Crippen molar-refractivity contribution in [2.45, 2.75) is 19.4 Å². The average molecular weight is 343 g/mol. The fraction of sp³-hybridized carbons (Fsp3) is 0.174. The Morgan fingerprint density at radius 1 is 0.923 bits per heavy atom. The number of rotatable bonds is 4. The number of fused-ring (bicyclic) bond motifs is 1. The molecule has 0 bridgehead atoms. The molecule has 3 nitrogen and oxygen atoms in total. The molecule has 3 heteroatoms. The number of nitrogens with zero attached hydrogens (tertiary/aromatic N) is 1. The lowest BCUT2D eigenvalue weighted by Gasteiger charge is -2.23. The average Bonchev–Trinajstić information content (AvgIpc) is 3.12. The summed E-state index contributed by atoms with van der Waals surface area (Å²) >= 11 is 0. The second-order valence-electron chi connectivity index (χ2n) is 6.49. The first-order valence-corrected chi connectivity index (χ1v) is 8.94. The van der Waals surface area contributed by atoms with Crippen LogP contribution in [0.2, 0.25) is 0 Å². The molecule has 3 aromatic rings. The van der Waals surface area contributed by atoms with E-state index in [0.29, 0.717) is 6.54 Å². The number of anilines is 1. The summed E-state index contributed by atoms with van der Waals surface area (Å²) < 4.78 is 6.10. The minimum absolute atomic E-state index is 0.00202. The van der Waals surface area contributed by atoms with Gasteiger partial charge < -0.3 is 9.64 Å². The maximum absolute atomic E-state index is 13.0. The van der Waals surface area contributed by atoms with Crippen molar-refractivity contribution in [1.82, 2.24) is 0 Å². The number of hydrogen-bond acceptors (Lipinski definition) is 2. The van der Waals surface area contributed by atoms with Crippen molar-refractivity contribution in [2.24, 2.45) is 0 Å². The number of para-hydroxylation sites is 2. The molecule has 3 aromatic carbocycles. The van der Waals surface area contributed by atoms with Gasteiger partial charge in [0, 0.05) is 17.8 Å². The molecule has 130 valence electrons. The van der Waals surface area contributed by atoms with Crippen LogP contribution < -0.4 is 9.64 Å². The van der Waals surface area contributed by atoms with Crippen LogP contribution in [0, 0.1) is 0 Å². The van der Waals surface area contributed by atoms with Gasteiger partial charge in [-0.15, -0.1) is 0 Å². The SMILES string of the molecule is C[C@H](Oc1ccccc1-c1ccccc1)C(=O)N1CCc2ccccc21. The third-order valence-electron chi connectivity index (χ3n) is 4.78. The van der Waals surface area contributed by atoms with Crippen LogP contribution in [0.4, 0.5) is 5.69 Å². The molecule has 0 aliphatic carbocycles. The largest absolute Gasteiger partial charge is 0.480 e. The Morgan fingerprint density at radius 3 is 2.46 bits per heavy atom. The Labute approximate surface area is 153 Å². The highest BCUT2D eigenvalue weighted by Crippen LogP contribution is 2.32. The van der Waals surface area contributed by atoms with E-state index in [2.05, 4.69) is 6.07 Å². The quantitative estimate of drug-likeness (QED) is 0.686. The van der Waals surface area contributed by atoms with E-state index in [1.54, 1.807) is 0 Å². The van der Waals surface area contributed by atoms with E-state index in [9.17, 15) is 4.79 Å². The van der Waals surface area contributed by atoms with Gasteiger partial charge >= 0.3 is 0 Å². The summed E-state index contributed by atoms with van der Waals surface area (Å²) in [6, 6.07) is 26.0. The van der Waals surface area contributed by atoms with Crippen molar-refractivity contribution in [2.75, 3.05) is 11.4 Å². The second-order valence-corrected chi connectivity index (χ2v) is 6.49. The zero-order valence-corrected chi connectivity index (χ0v) is 14.8. The molecule has 1 aliphatic rings. The predicted octanol–water partition coefficient (Wildman–Crippen LogP) is 4.71. The Morgan fingerprint density at radius 2 is 1.62 bits per heavy atom. The monoisotopic (exact) mass is 343 g/mol. The van der Waals surface area contributed by atoms with Gasteiger partial charge in [-0.1, -0.05) is 66.7 Å². The standard InChI is InChI=1S/C23H21NO2/c1-17(23(25)24-16-15-19-11-5-7-13-21(19)24)26-22-14-8-6-12-20(22)18-9-3-2-4-10-18/h2-14,17H,15-16H2,1H3/t17-/m0/s1. The number of hydrogen-bond donors (Lipinski definition) is 0. The van der Waals surface area contributed by atoms with E-state index in [4.69, 9.17) is 4.74 Å². The molecule has 0 saturated carbocycles. The van der Waals surface area contributed by atoms with Gasteiger partial charge in [-0.2, -0.15) is 0 Å². The van der Waals surface area contributed by atoms with Crippen molar-refractivity contribution < 1.29 is 9.53 Å². The van der Waals surface area contributed by atoms with Crippen molar-refractivity contribution in [3.63, 3.8) is 0 Å². The summed E-state index contributed by atoms with van der Waals surface area (Å²) in [5, 5.41) is 0. The summed E-state index contributed by atoms with van der Waals surface area (Å²) in [5.74, 6) is 0.727. The van der Waals surface area contributed by atoms with Gasteiger partial charge in [-0.05, 0) is 36.6 Å². The molecule has 0 saturated heterocycles. The maximum Gasteiger partial charge on any atom is 0.267 e. The molecule has 0 N–H and O–H groups in total. The lowest BCUT2D eigenvalue weighted by molar-refractivity contribution is -0.124.